The van der Waals surface area contributed by atoms with Crippen LogP contribution in [0.15, 0.2) is 0 Å². The molecule has 116 valence electrons. The lowest BCUT2D eigenvalue weighted by molar-refractivity contribution is -0.138. The lowest BCUT2D eigenvalue weighted by Crippen LogP contribution is -2.60. The summed E-state index contributed by atoms with van der Waals surface area (Å²) in [6.07, 6.45) is 0.748. The zero-order valence-corrected chi connectivity index (χ0v) is 13.2. The number of aliphatic carboxylic acids is 1. The zero-order valence-electron chi connectivity index (χ0n) is 13.2. The summed E-state index contributed by atoms with van der Waals surface area (Å²) >= 11 is 0. The summed E-state index contributed by atoms with van der Waals surface area (Å²) in [5, 5.41) is 9.00. The van der Waals surface area contributed by atoms with Crippen molar-refractivity contribution in [3.8, 4) is 0 Å². The van der Waals surface area contributed by atoms with Gasteiger partial charge < -0.3 is 14.9 Å². The SMILES string of the molecule is CCC(C)N(CC(=O)O)C(=O)N1CC(C)N(C)C(C)C1. The first kappa shape index (κ1) is 16.8. The Morgan fingerprint density at radius 3 is 2.20 bits per heavy atom. The number of hydrogen-bond acceptors (Lipinski definition) is 3. The van der Waals surface area contributed by atoms with Gasteiger partial charge in [-0.15, -0.1) is 0 Å². The van der Waals surface area contributed by atoms with Crippen LogP contribution in [0.3, 0.4) is 0 Å². The summed E-state index contributed by atoms with van der Waals surface area (Å²) in [5.41, 5.74) is 0. The lowest BCUT2D eigenvalue weighted by atomic mass is 10.1. The molecule has 3 atom stereocenters. The summed E-state index contributed by atoms with van der Waals surface area (Å²) < 4.78 is 0. The molecule has 20 heavy (non-hydrogen) atoms. The van der Waals surface area contributed by atoms with Crippen LogP contribution in [0.5, 0.6) is 0 Å². The van der Waals surface area contributed by atoms with Crippen molar-refractivity contribution in [2.24, 2.45) is 0 Å². The van der Waals surface area contributed by atoms with E-state index >= 15 is 0 Å². The molecule has 6 heteroatoms. The number of carboxylic acids is 1. The van der Waals surface area contributed by atoms with Crippen LogP contribution in [0.2, 0.25) is 0 Å². The first-order chi connectivity index (χ1) is 9.27. The number of hydrogen-bond donors (Lipinski definition) is 1. The molecule has 0 aromatic rings. The van der Waals surface area contributed by atoms with E-state index in [0.29, 0.717) is 13.1 Å². The van der Waals surface area contributed by atoms with Crippen LogP contribution >= 0.6 is 0 Å². The van der Waals surface area contributed by atoms with Crippen LogP contribution in [-0.4, -0.2) is 76.6 Å². The fourth-order valence-electron chi connectivity index (χ4n) is 2.52. The Hall–Kier alpha value is -1.30. The smallest absolute Gasteiger partial charge is 0.323 e. The van der Waals surface area contributed by atoms with Gasteiger partial charge in [0, 0.05) is 31.2 Å². The molecule has 1 aliphatic rings. The fourth-order valence-corrected chi connectivity index (χ4v) is 2.52. The number of urea groups is 1. The molecule has 0 bridgehead atoms. The Morgan fingerprint density at radius 1 is 1.30 bits per heavy atom. The summed E-state index contributed by atoms with van der Waals surface area (Å²) in [6, 6.07) is 0.343. The van der Waals surface area contributed by atoms with Gasteiger partial charge in [-0.1, -0.05) is 6.92 Å². The van der Waals surface area contributed by atoms with Crippen LogP contribution in [0, 0.1) is 0 Å². The van der Waals surface area contributed by atoms with Crippen molar-refractivity contribution >= 4 is 12.0 Å². The summed E-state index contributed by atoms with van der Waals surface area (Å²) in [7, 11) is 2.06. The van der Waals surface area contributed by atoms with Crippen molar-refractivity contribution in [3.05, 3.63) is 0 Å². The van der Waals surface area contributed by atoms with Gasteiger partial charge in [-0.2, -0.15) is 0 Å². The third kappa shape index (κ3) is 3.85. The maximum Gasteiger partial charge on any atom is 0.323 e. The van der Waals surface area contributed by atoms with Gasteiger partial charge >= 0.3 is 12.0 Å². The predicted molar refractivity (Wildman–Crippen MR) is 77.8 cm³/mol. The molecule has 0 spiro atoms. The first-order valence-corrected chi connectivity index (χ1v) is 7.27. The normalized spacial score (nSPS) is 25.4. The molecule has 2 amide bonds. The molecule has 0 aliphatic carbocycles. The third-order valence-electron chi connectivity index (χ3n) is 4.30. The van der Waals surface area contributed by atoms with Gasteiger partial charge in [0.05, 0.1) is 0 Å². The van der Waals surface area contributed by atoms with E-state index in [4.69, 9.17) is 5.11 Å². The Balaban J connectivity index is 2.81. The minimum atomic E-state index is -0.964. The third-order valence-corrected chi connectivity index (χ3v) is 4.30. The van der Waals surface area contributed by atoms with Crippen molar-refractivity contribution < 1.29 is 14.7 Å². The topological polar surface area (TPSA) is 64.1 Å². The summed E-state index contributed by atoms with van der Waals surface area (Å²) in [5.74, 6) is -0.964. The van der Waals surface area contributed by atoms with Gasteiger partial charge in [0.25, 0.3) is 0 Å². The highest BCUT2D eigenvalue weighted by molar-refractivity contribution is 5.80. The standard InChI is InChI=1S/C14H27N3O3/c1-6-10(2)17(9-13(18)19)14(20)16-7-11(3)15(5)12(4)8-16/h10-12H,6-9H2,1-5H3,(H,18,19). The Morgan fingerprint density at radius 2 is 1.80 bits per heavy atom. The molecule has 0 radical (unpaired) electrons. The highest BCUT2D eigenvalue weighted by atomic mass is 16.4. The van der Waals surface area contributed by atoms with E-state index in [1.807, 2.05) is 13.8 Å². The second-order valence-corrected chi connectivity index (χ2v) is 5.83. The second kappa shape index (κ2) is 6.92. The summed E-state index contributed by atoms with van der Waals surface area (Å²) in [4.78, 5) is 29.1. The number of likely N-dealkylation sites (N-methyl/N-ethyl adjacent to an activating group) is 1. The molecule has 0 aromatic heterocycles. The van der Waals surface area contributed by atoms with Gasteiger partial charge in [0.15, 0.2) is 0 Å². The number of carbonyl (C=O) groups is 2. The van der Waals surface area contributed by atoms with Gasteiger partial charge in [-0.3, -0.25) is 9.69 Å². The maximum absolute atomic E-state index is 12.6. The average molecular weight is 285 g/mol. The molecule has 1 rings (SSSR count). The molecule has 1 heterocycles. The molecule has 3 unspecified atom stereocenters. The van der Waals surface area contributed by atoms with Crippen molar-refractivity contribution in [1.82, 2.24) is 14.7 Å². The lowest BCUT2D eigenvalue weighted by Gasteiger charge is -2.44. The van der Waals surface area contributed by atoms with Crippen molar-refractivity contribution in [2.45, 2.75) is 52.2 Å². The Bertz CT molecular complexity index is 350. The number of carbonyl (C=O) groups excluding carboxylic acids is 1. The predicted octanol–water partition coefficient (Wildman–Crippen LogP) is 1.32. The minimum Gasteiger partial charge on any atom is -0.480 e. The molecule has 1 saturated heterocycles. The van der Waals surface area contributed by atoms with Crippen LogP contribution < -0.4 is 0 Å². The quantitative estimate of drug-likeness (QED) is 0.846. The zero-order chi connectivity index (χ0) is 15.4. The van der Waals surface area contributed by atoms with E-state index < -0.39 is 5.97 Å². The Kier molecular flexibility index (Phi) is 5.80. The van der Waals surface area contributed by atoms with Gasteiger partial charge in [0.1, 0.15) is 6.54 Å². The van der Waals surface area contributed by atoms with E-state index in [9.17, 15) is 9.59 Å². The van der Waals surface area contributed by atoms with Crippen molar-refractivity contribution in [2.75, 3.05) is 26.7 Å². The van der Waals surface area contributed by atoms with E-state index in [1.54, 1.807) is 4.90 Å². The number of carboxylic acid groups (broad SMARTS) is 1. The molecular formula is C14H27N3O3. The van der Waals surface area contributed by atoms with E-state index in [2.05, 4.69) is 25.8 Å². The highest BCUT2D eigenvalue weighted by Crippen LogP contribution is 2.16. The molecule has 6 nitrogen and oxygen atoms in total. The second-order valence-electron chi connectivity index (χ2n) is 5.83. The van der Waals surface area contributed by atoms with Gasteiger partial charge in [-0.25, -0.2) is 4.79 Å². The molecular weight excluding hydrogens is 258 g/mol. The first-order valence-electron chi connectivity index (χ1n) is 7.27. The maximum atomic E-state index is 12.6. The number of rotatable bonds is 4. The minimum absolute atomic E-state index is 0.0659. The fraction of sp³-hybridized carbons (Fsp3) is 0.857. The van der Waals surface area contributed by atoms with Crippen molar-refractivity contribution in [1.29, 1.82) is 0 Å². The van der Waals surface area contributed by atoms with Gasteiger partial charge in [0.2, 0.25) is 0 Å². The van der Waals surface area contributed by atoms with Crippen LogP contribution in [0.1, 0.15) is 34.1 Å². The van der Waals surface area contributed by atoms with Gasteiger partial charge in [-0.05, 0) is 34.2 Å². The van der Waals surface area contributed by atoms with Crippen LogP contribution in [0.25, 0.3) is 0 Å². The molecule has 0 saturated carbocycles. The number of piperazine rings is 1. The molecule has 1 fully saturated rings. The average Bonchev–Trinajstić information content (AvgIpc) is 2.39. The Labute approximate surface area is 121 Å². The van der Waals surface area contributed by atoms with Crippen LogP contribution in [-0.2, 0) is 4.79 Å². The van der Waals surface area contributed by atoms with E-state index in [0.717, 1.165) is 6.42 Å². The van der Waals surface area contributed by atoms with E-state index in [1.165, 1.54) is 4.90 Å². The molecule has 1 N–H and O–H groups in total. The largest absolute Gasteiger partial charge is 0.480 e. The van der Waals surface area contributed by atoms with Crippen LogP contribution in [0.4, 0.5) is 4.79 Å². The number of nitrogens with zero attached hydrogens (tertiary/aromatic N) is 3. The van der Waals surface area contributed by atoms with Crippen molar-refractivity contribution in [3.63, 3.8) is 0 Å². The van der Waals surface area contributed by atoms with E-state index in [-0.39, 0.29) is 30.7 Å². The monoisotopic (exact) mass is 285 g/mol. The highest BCUT2D eigenvalue weighted by Gasteiger charge is 2.33. The number of amides is 2. The summed E-state index contributed by atoms with van der Waals surface area (Å²) in [6.45, 7) is 9.08. The molecule has 1 aliphatic heterocycles. The molecule has 0 aromatic carbocycles.